The fourth-order valence-corrected chi connectivity index (χ4v) is 1.86. The molecule has 0 radical (unpaired) electrons. The topological polar surface area (TPSA) is 69.4 Å². The molecule has 0 fully saturated rings. The Kier molecular flexibility index (Phi) is 5.45. The number of carbonyl (C=O) groups is 2. The number of nitrogens with two attached hydrogens (primary N) is 1. The SMILES string of the molecule is COC(=O)CCC(N)C(=O)c1ccc(C(C)(C)C)cc1. The first-order valence-electron chi connectivity index (χ1n) is 6.73. The molecule has 1 atom stereocenters. The number of hydrogen-bond acceptors (Lipinski definition) is 4. The van der Waals surface area contributed by atoms with E-state index in [0.717, 1.165) is 5.56 Å². The maximum Gasteiger partial charge on any atom is 0.305 e. The normalized spacial score (nSPS) is 12.8. The van der Waals surface area contributed by atoms with Gasteiger partial charge in [-0.05, 0) is 17.4 Å². The number of ether oxygens (including phenoxy) is 1. The number of ketones is 1. The highest BCUT2D eigenvalue weighted by molar-refractivity contribution is 6.00. The molecule has 0 aromatic heterocycles. The molecule has 2 N–H and O–H groups in total. The molecule has 0 amide bonds. The van der Waals surface area contributed by atoms with Crippen LogP contribution in [-0.2, 0) is 14.9 Å². The fourth-order valence-electron chi connectivity index (χ4n) is 1.86. The Hall–Kier alpha value is -1.68. The lowest BCUT2D eigenvalue weighted by Crippen LogP contribution is -2.31. The van der Waals surface area contributed by atoms with Crippen molar-refractivity contribution in [1.29, 1.82) is 0 Å². The van der Waals surface area contributed by atoms with Crippen LogP contribution in [0.3, 0.4) is 0 Å². The first kappa shape index (κ1) is 16.4. The van der Waals surface area contributed by atoms with Crippen molar-refractivity contribution in [1.82, 2.24) is 0 Å². The number of carbonyl (C=O) groups excluding carboxylic acids is 2. The number of esters is 1. The maximum atomic E-state index is 12.1. The first-order valence-corrected chi connectivity index (χ1v) is 6.73. The van der Waals surface area contributed by atoms with E-state index in [1.54, 1.807) is 12.1 Å². The van der Waals surface area contributed by atoms with E-state index in [9.17, 15) is 9.59 Å². The monoisotopic (exact) mass is 277 g/mol. The highest BCUT2D eigenvalue weighted by Gasteiger charge is 2.19. The molecule has 0 aliphatic carbocycles. The van der Waals surface area contributed by atoms with Gasteiger partial charge in [0.2, 0.25) is 0 Å². The Morgan fingerprint density at radius 2 is 1.75 bits per heavy atom. The molecule has 1 rings (SSSR count). The summed E-state index contributed by atoms with van der Waals surface area (Å²) in [7, 11) is 1.32. The molecule has 1 aromatic rings. The Bertz CT molecular complexity index is 471. The van der Waals surface area contributed by atoms with E-state index in [2.05, 4.69) is 25.5 Å². The summed E-state index contributed by atoms with van der Waals surface area (Å²) in [5, 5.41) is 0. The van der Waals surface area contributed by atoms with Crippen LogP contribution < -0.4 is 5.73 Å². The fraction of sp³-hybridized carbons (Fsp3) is 0.500. The largest absolute Gasteiger partial charge is 0.469 e. The molecular weight excluding hydrogens is 254 g/mol. The molecule has 1 aromatic carbocycles. The third-order valence-corrected chi connectivity index (χ3v) is 3.26. The zero-order valence-electron chi connectivity index (χ0n) is 12.6. The van der Waals surface area contributed by atoms with E-state index >= 15 is 0 Å². The van der Waals surface area contributed by atoms with Gasteiger partial charge in [0.05, 0.1) is 13.2 Å². The van der Waals surface area contributed by atoms with Gasteiger partial charge in [0.15, 0.2) is 5.78 Å². The lowest BCUT2D eigenvalue weighted by atomic mass is 9.86. The zero-order valence-corrected chi connectivity index (χ0v) is 12.6. The average Bonchev–Trinajstić information content (AvgIpc) is 2.42. The highest BCUT2D eigenvalue weighted by atomic mass is 16.5. The summed E-state index contributed by atoms with van der Waals surface area (Å²) in [6, 6.07) is 6.80. The third-order valence-electron chi connectivity index (χ3n) is 3.26. The second-order valence-corrected chi connectivity index (χ2v) is 5.91. The molecule has 4 heteroatoms. The Morgan fingerprint density at radius 1 is 1.20 bits per heavy atom. The Labute approximate surface area is 120 Å². The minimum Gasteiger partial charge on any atom is -0.469 e. The van der Waals surface area contributed by atoms with Crippen LogP contribution in [-0.4, -0.2) is 24.9 Å². The molecule has 0 heterocycles. The van der Waals surface area contributed by atoms with E-state index in [4.69, 9.17) is 5.73 Å². The van der Waals surface area contributed by atoms with Gasteiger partial charge in [0, 0.05) is 12.0 Å². The Balaban J connectivity index is 2.70. The summed E-state index contributed by atoms with van der Waals surface area (Å²) in [6.45, 7) is 6.35. The maximum absolute atomic E-state index is 12.1. The summed E-state index contributed by atoms with van der Waals surface area (Å²) in [5.41, 5.74) is 7.61. The predicted octanol–water partition coefficient (Wildman–Crippen LogP) is 2.45. The van der Waals surface area contributed by atoms with E-state index in [1.165, 1.54) is 7.11 Å². The van der Waals surface area contributed by atoms with Crippen LogP contribution in [0.5, 0.6) is 0 Å². The van der Waals surface area contributed by atoms with Gasteiger partial charge in [-0.15, -0.1) is 0 Å². The first-order chi connectivity index (χ1) is 9.25. The molecule has 0 aliphatic heterocycles. The summed E-state index contributed by atoms with van der Waals surface area (Å²) < 4.78 is 4.53. The number of benzene rings is 1. The van der Waals surface area contributed by atoms with Crippen LogP contribution in [0.25, 0.3) is 0 Å². The Morgan fingerprint density at radius 3 is 2.20 bits per heavy atom. The second-order valence-electron chi connectivity index (χ2n) is 5.91. The quantitative estimate of drug-likeness (QED) is 0.663. The molecule has 0 saturated heterocycles. The molecule has 20 heavy (non-hydrogen) atoms. The van der Waals surface area contributed by atoms with E-state index in [0.29, 0.717) is 12.0 Å². The van der Waals surface area contributed by atoms with Crippen molar-refractivity contribution in [2.45, 2.75) is 45.1 Å². The van der Waals surface area contributed by atoms with Crippen LogP contribution >= 0.6 is 0 Å². The van der Waals surface area contributed by atoms with Crippen molar-refractivity contribution in [3.05, 3.63) is 35.4 Å². The van der Waals surface area contributed by atoms with Crippen LogP contribution in [0.4, 0.5) is 0 Å². The van der Waals surface area contributed by atoms with Gasteiger partial charge in [0.25, 0.3) is 0 Å². The number of hydrogen-bond donors (Lipinski definition) is 1. The smallest absolute Gasteiger partial charge is 0.305 e. The van der Waals surface area contributed by atoms with Crippen molar-refractivity contribution in [2.75, 3.05) is 7.11 Å². The molecule has 0 saturated carbocycles. The van der Waals surface area contributed by atoms with Crippen molar-refractivity contribution in [3.63, 3.8) is 0 Å². The molecule has 0 aliphatic rings. The number of Topliss-reactive ketones (excluding diaryl/α,β-unsaturated/α-hetero) is 1. The minimum absolute atomic E-state index is 0.0502. The van der Waals surface area contributed by atoms with E-state index < -0.39 is 6.04 Å². The summed E-state index contributed by atoms with van der Waals surface area (Å²) in [5.74, 6) is -0.495. The van der Waals surface area contributed by atoms with Crippen LogP contribution in [0.1, 0.15) is 49.5 Å². The zero-order chi connectivity index (χ0) is 15.3. The minimum atomic E-state index is -0.672. The van der Waals surface area contributed by atoms with Gasteiger partial charge < -0.3 is 10.5 Å². The van der Waals surface area contributed by atoms with Gasteiger partial charge >= 0.3 is 5.97 Å². The van der Waals surface area contributed by atoms with Gasteiger partial charge in [-0.25, -0.2) is 0 Å². The highest BCUT2D eigenvalue weighted by Crippen LogP contribution is 2.22. The summed E-state index contributed by atoms with van der Waals surface area (Å²) in [4.78, 5) is 23.2. The average molecular weight is 277 g/mol. The van der Waals surface area contributed by atoms with E-state index in [-0.39, 0.29) is 23.6 Å². The molecule has 4 nitrogen and oxygen atoms in total. The standard InChI is InChI=1S/C16H23NO3/c1-16(2,3)12-7-5-11(6-8-12)15(19)13(17)9-10-14(18)20-4/h5-8,13H,9-10,17H2,1-4H3. The van der Waals surface area contributed by atoms with Gasteiger partial charge in [-0.2, -0.15) is 0 Å². The van der Waals surface area contributed by atoms with Crippen molar-refractivity contribution in [2.24, 2.45) is 5.73 Å². The van der Waals surface area contributed by atoms with Crippen molar-refractivity contribution in [3.8, 4) is 0 Å². The van der Waals surface area contributed by atoms with Gasteiger partial charge in [-0.1, -0.05) is 45.0 Å². The number of rotatable bonds is 5. The molecule has 110 valence electrons. The molecule has 0 spiro atoms. The summed E-state index contributed by atoms with van der Waals surface area (Å²) in [6.07, 6.45) is 0.454. The van der Waals surface area contributed by atoms with E-state index in [1.807, 2.05) is 12.1 Å². The molecule has 1 unspecified atom stereocenters. The van der Waals surface area contributed by atoms with Crippen molar-refractivity contribution < 1.29 is 14.3 Å². The third kappa shape index (κ3) is 4.46. The molecule has 0 bridgehead atoms. The van der Waals surface area contributed by atoms with Crippen molar-refractivity contribution >= 4 is 11.8 Å². The second kappa shape index (κ2) is 6.66. The number of methoxy groups -OCH3 is 1. The lowest BCUT2D eigenvalue weighted by molar-refractivity contribution is -0.140. The van der Waals surface area contributed by atoms with Gasteiger partial charge in [0.1, 0.15) is 0 Å². The predicted molar refractivity (Wildman–Crippen MR) is 78.7 cm³/mol. The summed E-state index contributed by atoms with van der Waals surface area (Å²) >= 11 is 0. The van der Waals surface area contributed by atoms with Gasteiger partial charge in [-0.3, -0.25) is 9.59 Å². The van der Waals surface area contributed by atoms with Crippen LogP contribution in [0, 0.1) is 0 Å². The molecular formula is C16H23NO3. The van der Waals surface area contributed by atoms with Crippen LogP contribution in [0.2, 0.25) is 0 Å². The lowest BCUT2D eigenvalue weighted by Gasteiger charge is -2.19. The van der Waals surface area contributed by atoms with Crippen LogP contribution in [0.15, 0.2) is 24.3 Å².